The molecule has 2 rings (SSSR count). The number of hydrogen-bond acceptors (Lipinski definition) is 3. The van der Waals surface area contributed by atoms with Crippen LogP contribution in [-0.2, 0) is 16.4 Å². The van der Waals surface area contributed by atoms with Gasteiger partial charge in [0.1, 0.15) is 5.75 Å². The minimum absolute atomic E-state index is 0.00117. The molecule has 2 N–H and O–H groups in total. The van der Waals surface area contributed by atoms with E-state index in [-0.39, 0.29) is 5.75 Å². The molecule has 0 atom stereocenters. The maximum atomic E-state index is 11.4. The number of nitrogens with one attached hydrogen (secondary N) is 1. The van der Waals surface area contributed by atoms with Crippen molar-refractivity contribution < 1.29 is 13.5 Å². The first kappa shape index (κ1) is 14.2. The molecule has 106 valence electrons. The average Bonchev–Trinajstić information content (AvgIpc) is 2.34. The molecule has 0 bridgehead atoms. The largest absolute Gasteiger partial charge is 0.506 e. The summed E-state index contributed by atoms with van der Waals surface area (Å²) in [4.78, 5) is 0. The molecule has 0 saturated heterocycles. The average molecular weight is 283 g/mol. The smallest absolute Gasteiger partial charge is 0.229 e. The fraction of sp³-hybridized carbons (Fsp3) is 0.571. The lowest BCUT2D eigenvalue weighted by Gasteiger charge is -2.23. The normalized spacial score (nSPS) is 17.3. The van der Waals surface area contributed by atoms with Crippen molar-refractivity contribution in [3.05, 3.63) is 23.8 Å². The lowest BCUT2D eigenvalue weighted by atomic mass is 9.84. The van der Waals surface area contributed by atoms with Gasteiger partial charge in [0, 0.05) is 0 Å². The molecular formula is C14H21NO3S. The van der Waals surface area contributed by atoms with Crippen molar-refractivity contribution in [1.82, 2.24) is 0 Å². The van der Waals surface area contributed by atoms with Gasteiger partial charge in [0.2, 0.25) is 10.0 Å². The number of sulfonamides is 1. The Labute approximate surface area is 114 Å². The van der Waals surface area contributed by atoms with Crippen LogP contribution in [0.3, 0.4) is 0 Å². The molecule has 0 aromatic heterocycles. The van der Waals surface area contributed by atoms with Gasteiger partial charge in [0.25, 0.3) is 0 Å². The van der Waals surface area contributed by atoms with E-state index in [2.05, 4.69) is 4.72 Å². The minimum atomic E-state index is -3.37. The highest BCUT2D eigenvalue weighted by atomic mass is 32.2. The van der Waals surface area contributed by atoms with Crippen LogP contribution in [0.15, 0.2) is 18.2 Å². The SMILES string of the molecule is CS(=O)(=O)Nc1c(O)cccc1CC1CCCCC1. The third-order valence-corrected chi connectivity index (χ3v) is 4.22. The van der Waals surface area contributed by atoms with Crippen molar-refractivity contribution in [3.63, 3.8) is 0 Å². The molecule has 1 aromatic carbocycles. The van der Waals surface area contributed by atoms with Gasteiger partial charge in [-0.25, -0.2) is 8.42 Å². The van der Waals surface area contributed by atoms with Crippen molar-refractivity contribution in [2.24, 2.45) is 5.92 Å². The molecule has 4 nitrogen and oxygen atoms in total. The molecule has 19 heavy (non-hydrogen) atoms. The molecule has 0 heterocycles. The zero-order valence-corrected chi connectivity index (χ0v) is 12.0. The summed E-state index contributed by atoms with van der Waals surface area (Å²) < 4.78 is 25.2. The Morgan fingerprint density at radius 2 is 1.95 bits per heavy atom. The third-order valence-electron chi connectivity index (χ3n) is 3.65. The van der Waals surface area contributed by atoms with Crippen molar-refractivity contribution in [2.45, 2.75) is 38.5 Å². The van der Waals surface area contributed by atoms with Crippen LogP contribution >= 0.6 is 0 Å². The van der Waals surface area contributed by atoms with Crippen LogP contribution < -0.4 is 4.72 Å². The molecule has 1 aliphatic carbocycles. The number of aromatic hydroxyl groups is 1. The molecule has 0 amide bonds. The Kier molecular flexibility index (Phi) is 4.34. The van der Waals surface area contributed by atoms with Gasteiger partial charge in [0.05, 0.1) is 11.9 Å². The summed E-state index contributed by atoms with van der Waals surface area (Å²) in [5.41, 5.74) is 1.23. The number of para-hydroxylation sites is 1. The van der Waals surface area contributed by atoms with Crippen LogP contribution in [0.4, 0.5) is 5.69 Å². The summed E-state index contributed by atoms with van der Waals surface area (Å²) in [5, 5.41) is 9.86. The Morgan fingerprint density at radius 3 is 2.58 bits per heavy atom. The van der Waals surface area contributed by atoms with E-state index in [9.17, 15) is 13.5 Å². The van der Waals surface area contributed by atoms with Crippen molar-refractivity contribution in [3.8, 4) is 5.75 Å². The number of phenolic OH excluding ortho intramolecular Hbond substituents is 1. The van der Waals surface area contributed by atoms with Crippen molar-refractivity contribution in [2.75, 3.05) is 11.0 Å². The fourth-order valence-electron chi connectivity index (χ4n) is 2.76. The molecule has 1 aromatic rings. The Bertz CT molecular complexity index is 534. The molecule has 0 unspecified atom stereocenters. The summed E-state index contributed by atoms with van der Waals surface area (Å²) in [7, 11) is -3.37. The van der Waals surface area contributed by atoms with E-state index in [4.69, 9.17) is 0 Å². The lowest BCUT2D eigenvalue weighted by molar-refractivity contribution is 0.356. The van der Waals surface area contributed by atoms with E-state index in [0.717, 1.165) is 18.2 Å². The van der Waals surface area contributed by atoms with Crippen LogP contribution in [0.2, 0.25) is 0 Å². The second-order valence-electron chi connectivity index (χ2n) is 5.39. The molecule has 1 aliphatic rings. The van der Waals surface area contributed by atoms with Crippen molar-refractivity contribution >= 4 is 15.7 Å². The molecular weight excluding hydrogens is 262 g/mol. The Morgan fingerprint density at radius 1 is 1.26 bits per heavy atom. The van der Waals surface area contributed by atoms with Crippen LogP contribution in [0.5, 0.6) is 5.75 Å². The summed E-state index contributed by atoms with van der Waals surface area (Å²) >= 11 is 0. The van der Waals surface area contributed by atoms with E-state index in [1.165, 1.54) is 38.2 Å². The highest BCUT2D eigenvalue weighted by molar-refractivity contribution is 7.92. The van der Waals surface area contributed by atoms with E-state index in [1.54, 1.807) is 6.07 Å². The van der Waals surface area contributed by atoms with E-state index >= 15 is 0 Å². The highest BCUT2D eigenvalue weighted by Crippen LogP contribution is 2.33. The third kappa shape index (κ3) is 4.13. The second kappa shape index (κ2) is 5.82. The molecule has 1 saturated carbocycles. The van der Waals surface area contributed by atoms with Gasteiger partial charge >= 0.3 is 0 Å². The zero-order chi connectivity index (χ0) is 13.9. The maximum Gasteiger partial charge on any atom is 0.229 e. The monoisotopic (exact) mass is 283 g/mol. The standard InChI is InChI=1S/C14H21NO3S/c1-19(17,18)15-14-12(8-5-9-13(14)16)10-11-6-3-2-4-7-11/h5,8-9,11,15-16H,2-4,6-7,10H2,1H3. The van der Waals surface area contributed by atoms with Gasteiger partial charge in [-0.1, -0.05) is 44.2 Å². The Balaban J connectivity index is 2.21. The van der Waals surface area contributed by atoms with Gasteiger partial charge < -0.3 is 5.11 Å². The summed E-state index contributed by atoms with van der Waals surface area (Å²) in [6, 6.07) is 5.17. The van der Waals surface area contributed by atoms with Gasteiger partial charge in [-0.05, 0) is 24.0 Å². The molecule has 1 fully saturated rings. The fourth-order valence-corrected chi connectivity index (χ4v) is 3.37. The first-order chi connectivity index (χ1) is 8.96. The molecule has 5 heteroatoms. The number of rotatable bonds is 4. The Hall–Kier alpha value is -1.23. The number of phenols is 1. The van der Waals surface area contributed by atoms with Gasteiger partial charge in [-0.2, -0.15) is 0 Å². The van der Waals surface area contributed by atoms with E-state index in [0.29, 0.717) is 11.6 Å². The summed E-state index contributed by atoms with van der Waals surface area (Å²) in [6.45, 7) is 0. The second-order valence-corrected chi connectivity index (χ2v) is 7.14. The van der Waals surface area contributed by atoms with Crippen LogP contribution in [0.1, 0.15) is 37.7 Å². The van der Waals surface area contributed by atoms with Gasteiger partial charge in [-0.15, -0.1) is 0 Å². The maximum absolute atomic E-state index is 11.4. The predicted octanol–water partition coefficient (Wildman–Crippen LogP) is 2.89. The molecule has 0 aliphatic heterocycles. The molecule has 0 spiro atoms. The van der Waals surface area contributed by atoms with Crippen LogP contribution in [-0.4, -0.2) is 19.8 Å². The lowest BCUT2D eigenvalue weighted by Crippen LogP contribution is -2.14. The van der Waals surface area contributed by atoms with E-state index in [1.807, 2.05) is 6.07 Å². The summed E-state index contributed by atoms with van der Waals surface area (Å²) in [5.74, 6) is 0.592. The number of hydrogen-bond donors (Lipinski definition) is 2. The van der Waals surface area contributed by atoms with Crippen LogP contribution in [0, 0.1) is 5.92 Å². The topological polar surface area (TPSA) is 66.4 Å². The zero-order valence-electron chi connectivity index (χ0n) is 11.2. The number of anilines is 1. The first-order valence-electron chi connectivity index (χ1n) is 6.74. The summed E-state index contributed by atoms with van der Waals surface area (Å²) in [6.07, 6.45) is 8.10. The van der Waals surface area contributed by atoms with Crippen molar-refractivity contribution in [1.29, 1.82) is 0 Å². The highest BCUT2D eigenvalue weighted by Gasteiger charge is 2.18. The van der Waals surface area contributed by atoms with E-state index < -0.39 is 10.0 Å². The minimum Gasteiger partial charge on any atom is -0.506 e. The predicted molar refractivity (Wildman–Crippen MR) is 76.9 cm³/mol. The quantitative estimate of drug-likeness (QED) is 0.835. The van der Waals surface area contributed by atoms with Gasteiger partial charge in [-0.3, -0.25) is 4.72 Å². The number of benzene rings is 1. The van der Waals surface area contributed by atoms with Crippen LogP contribution in [0.25, 0.3) is 0 Å². The first-order valence-corrected chi connectivity index (χ1v) is 8.63. The van der Waals surface area contributed by atoms with Gasteiger partial charge in [0.15, 0.2) is 0 Å². The molecule has 0 radical (unpaired) electrons.